The van der Waals surface area contributed by atoms with Gasteiger partial charge < -0.3 is 14.7 Å². The average Bonchev–Trinajstić information content (AvgIpc) is 2.42. The third-order valence-corrected chi connectivity index (χ3v) is 3.43. The number of amides is 1. The average molecular weight is 269 g/mol. The lowest BCUT2D eigenvalue weighted by Gasteiger charge is -2.33. The van der Waals surface area contributed by atoms with Crippen LogP contribution in [0.1, 0.15) is 40.0 Å². The summed E-state index contributed by atoms with van der Waals surface area (Å²) in [4.78, 5) is 24.8. The molecule has 0 aromatic carbocycles. The molecule has 0 saturated carbocycles. The molecule has 1 heterocycles. The molecule has 1 aliphatic rings. The summed E-state index contributed by atoms with van der Waals surface area (Å²) in [6, 6.07) is 0. The molecule has 1 aliphatic heterocycles. The van der Waals surface area contributed by atoms with Crippen molar-refractivity contribution in [1.29, 1.82) is 0 Å². The third-order valence-electron chi connectivity index (χ3n) is 3.43. The Labute approximate surface area is 114 Å². The lowest BCUT2D eigenvalue weighted by Crippen LogP contribution is -2.44. The van der Waals surface area contributed by atoms with Crippen LogP contribution in [0, 0.1) is 0 Å². The summed E-state index contributed by atoms with van der Waals surface area (Å²) in [5, 5.41) is 8.91. The number of carboxylic acids is 1. The van der Waals surface area contributed by atoms with Crippen molar-refractivity contribution in [2.24, 2.45) is 0 Å². The van der Waals surface area contributed by atoms with Gasteiger partial charge in [0.05, 0.1) is 6.10 Å². The lowest BCUT2D eigenvalue weighted by molar-refractivity contribution is -0.135. The number of rotatable bonds is 5. The maximum absolute atomic E-state index is 12.2. The van der Waals surface area contributed by atoms with Gasteiger partial charge in [-0.3, -0.25) is 4.79 Å². The number of carbonyl (C=O) groups excluding carboxylic acids is 1. The summed E-state index contributed by atoms with van der Waals surface area (Å²) in [5.41, 5.74) is 0.422. The van der Waals surface area contributed by atoms with Gasteiger partial charge in [0.1, 0.15) is 0 Å². The van der Waals surface area contributed by atoms with Crippen LogP contribution in [-0.2, 0) is 14.3 Å². The first kappa shape index (κ1) is 15.7. The molecule has 0 aromatic rings. The zero-order valence-corrected chi connectivity index (χ0v) is 11.9. The molecule has 108 valence electrons. The molecule has 1 atom stereocenters. The highest BCUT2D eigenvalue weighted by Gasteiger charge is 2.26. The minimum absolute atomic E-state index is 0.0792. The highest BCUT2D eigenvalue weighted by molar-refractivity contribution is 6.01. The van der Waals surface area contributed by atoms with Crippen molar-refractivity contribution in [3.63, 3.8) is 0 Å². The van der Waals surface area contributed by atoms with E-state index < -0.39 is 5.97 Å². The molecule has 5 heteroatoms. The number of nitrogens with zero attached hydrogens (tertiary/aromatic N) is 1. The molecule has 5 nitrogen and oxygen atoms in total. The van der Waals surface area contributed by atoms with Crippen molar-refractivity contribution in [3.8, 4) is 0 Å². The monoisotopic (exact) mass is 269 g/mol. The Balaban J connectivity index is 2.67. The predicted molar refractivity (Wildman–Crippen MR) is 71.9 cm³/mol. The number of hydrogen-bond acceptors (Lipinski definition) is 3. The van der Waals surface area contributed by atoms with E-state index in [1.54, 1.807) is 11.8 Å². The van der Waals surface area contributed by atoms with Crippen LogP contribution in [0.2, 0.25) is 0 Å². The number of carboxylic acid groups (broad SMARTS) is 1. The molecule has 1 amide bonds. The van der Waals surface area contributed by atoms with E-state index in [1.165, 1.54) is 6.92 Å². The molecular weight excluding hydrogens is 246 g/mol. The second kappa shape index (κ2) is 7.28. The van der Waals surface area contributed by atoms with Crippen LogP contribution in [0.5, 0.6) is 0 Å². The van der Waals surface area contributed by atoms with Crippen LogP contribution in [0.4, 0.5) is 0 Å². The van der Waals surface area contributed by atoms with Crippen LogP contribution in [-0.4, -0.2) is 47.7 Å². The van der Waals surface area contributed by atoms with E-state index >= 15 is 0 Å². The summed E-state index contributed by atoms with van der Waals surface area (Å²) >= 11 is 0. The maximum Gasteiger partial charge on any atom is 0.331 e. The molecule has 0 aromatic heterocycles. The maximum atomic E-state index is 12.2. The van der Waals surface area contributed by atoms with Crippen molar-refractivity contribution in [2.45, 2.75) is 46.1 Å². The molecule has 0 bridgehead atoms. The summed E-state index contributed by atoms with van der Waals surface area (Å²) < 4.78 is 5.67. The Kier molecular flexibility index (Phi) is 6.02. The van der Waals surface area contributed by atoms with Crippen LogP contribution in [0.15, 0.2) is 11.1 Å². The largest absolute Gasteiger partial charge is 0.478 e. The fourth-order valence-corrected chi connectivity index (χ4v) is 2.10. The predicted octanol–water partition coefficient (Wildman–Crippen LogP) is 1.83. The molecule has 0 radical (unpaired) electrons. The quantitative estimate of drug-likeness (QED) is 0.773. The third kappa shape index (κ3) is 4.35. The Morgan fingerprint density at radius 1 is 1.32 bits per heavy atom. The van der Waals surface area contributed by atoms with Crippen molar-refractivity contribution in [3.05, 3.63) is 11.1 Å². The summed E-state index contributed by atoms with van der Waals surface area (Å²) in [5.74, 6) is -1.23. The van der Waals surface area contributed by atoms with E-state index in [4.69, 9.17) is 9.84 Å². The molecule has 1 unspecified atom stereocenters. The van der Waals surface area contributed by atoms with Crippen LogP contribution in [0.3, 0.4) is 0 Å². The van der Waals surface area contributed by atoms with Crippen molar-refractivity contribution in [2.75, 3.05) is 19.7 Å². The van der Waals surface area contributed by atoms with Gasteiger partial charge >= 0.3 is 5.97 Å². The molecule has 1 rings (SSSR count). The number of likely N-dealkylation sites (tertiary alicyclic amines) is 1. The van der Waals surface area contributed by atoms with Crippen molar-refractivity contribution < 1.29 is 19.4 Å². The van der Waals surface area contributed by atoms with Gasteiger partial charge in [0, 0.05) is 30.8 Å². The van der Waals surface area contributed by atoms with E-state index in [2.05, 4.69) is 6.92 Å². The molecule has 0 spiro atoms. The van der Waals surface area contributed by atoms with E-state index in [9.17, 15) is 9.59 Å². The zero-order chi connectivity index (χ0) is 14.4. The first-order valence-corrected chi connectivity index (χ1v) is 6.79. The van der Waals surface area contributed by atoms with Gasteiger partial charge in [-0.2, -0.15) is 0 Å². The second-order valence-electron chi connectivity index (χ2n) is 4.94. The fourth-order valence-electron chi connectivity index (χ4n) is 2.10. The number of ether oxygens (including phenoxy) is 1. The van der Waals surface area contributed by atoms with Crippen molar-refractivity contribution >= 4 is 11.9 Å². The zero-order valence-electron chi connectivity index (χ0n) is 11.9. The standard InChI is InChI=1S/C14H23NO4/c1-4-8-19-12-6-5-7-15(9-12)13(16)10(2)11(3)14(17)18/h12H,4-9H2,1-3H3,(H,17,18). The van der Waals surface area contributed by atoms with Gasteiger partial charge in [-0.15, -0.1) is 0 Å². The van der Waals surface area contributed by atoms with Gasteiger partial charge in [0.2, 0.25) is 5.91 Å². The Morgan fingerprint density at radius 2 is 2.00 bits per heavy atom. The Hall–Kier alpha value is -1.36. The van der Waals surface area contributed by atoms with E-state index in [0.717, 1.165) is 19.3 Å². The molecule has 1 N–H and O–H groups in total. The molecule has 0 aliphatic carbocycles. The number of carbonyl (C=O) groups is 2. The topological polar surface area (TPSA) is 66.8 Å². The smallest absolute Gasteiger partial charge is 0.331 e. The first-order chi connectivity index (χ1) is 8.97. The molecule has 19 heavy (non-hydrogen) atoms. The summed E-state index contributed by atoms with van der Waals surface area (Å²) in [6.45, 7) is 7.02. The molecule has 1 fully saturated rings. The molecular formula is C14H23NO4. The SMILES string of the molecule is CCCOC1CCCN(C(=O)C(C)=C(C)C(=O)O)C1. The Morgan fingerprint density at radius 3 is 2.58 bits per heavy atom. The van der Waals surface area contributed by atoms with Crippen LogP contribution in [0.25, 0.3) is 0 Å². The van der Waals surface area contributed by atoms with Gasteiger partial charge in [-0.25, -0.2) is 4.79 Å². The number of aliphatic carboxylic acids is 1. The lowest BCUT2D eigenvalue weighted by atomic mass is 10.1. The highest BCUT2D eigenvalue weighted by Crippen LogP contribution is 2.17. The number of piperidine rings is 1. The first-order valence-electron chi connectivity index (χ1n) is 6.79. The van der Waals surface area contributed by atoms with Gasteiger partial charge in [0.25, 0.3) is 0 Å². The minimum atomic E-state index is -1.04. The summed E-state index contributed by atoms with van der Waals surface area (Å²) in [7, 11) is 0. The normalized spacial score (nSPS) is 21.0. The molecule has 1 saturated heterocycles. The van der Waals surface area contributed by atoms with E-state index in [1.807, 2.05) is 0 Å². The van der Waals surface area contributed by atoms with E-state index in [-0.39, 0.29) is 17.6 Å². The number of hydrogen-bond donors (Lipinski definition) is 1. The fraction of sp³-hybridized carbons (Fsp3) is 0.714. The second-order valence-corrected chi connectivity index (χ2v) is 4.94. The highest BCUT2D eigenvalue weighted by atomic mass is 16.5. The van der Waals surface area contributed by atoms with Gasteiger partial charge in [0.15, 0.2) is 0 Å². The summed E-state index contributed by atoms with van der Waals surface area (Å²) in [6.07, 6.45) is 2.90. The minimum Gasteiger partial charge on any atom is -0.478 e. The van der Waals surface area contributed by atoms with Gasteiger partial charge in [-0.05, 0) is 33.1 Å². The van der Waals surface area contributed by atoms with Crippen LogP contribution < -0.4 is 0 Å². The van der Waals surface area contributed by atoms with E-state index in [0.29, 0.717) is 25.3 Å². The Bertz CT molecular complexity index is 376. The van der Waals surface area contributed by atoms with Crippen LogP contribution >= 0.6 is 0 Å². The van der Waals surface area contributed by atoms with Gasteiger partial charge in [-0.1, -0.05) is 6.92 Å². The van der Waals surface area contributed by atoms with Crippen molar-refractivity contribution in [1.82, 2.24) is 4.90 Å².